The van der Waals surface area contributed by atoms with E-state index in [1.54, 1.807) is 0 Å². The van der Waals surface area contributed by atoms with Crippen molar-refractivity contribution >= 4 is 0 Å². The van der Waals surface area contributed by atoms with Crippen LogP contribution in [0, 0.1) is 34.5 Å². The van der Waals surface area contributed by atoms with Gasteiger partial charge in [-0.05, 0) is 36.3 Å². The molecule has 1 aromatic rings. The number of rotatable bonds is 3. The molecule has 0 aliphatic heterocycles. The van der Waals surface area contributed by atoms with E-state index in [1.165, 1.54) is 11.1 Å². The normalized spacial score (nSPS) is 25.2. The van der Waals surface area contributed by atoms with Crippen molar-refractivity contribution in [1.29, 1.82) is 10.5 Å². The number of fused-ring (bicyclic) bond motifs is 1. The minimum Gasteiger partial charge on any atom is -0.197 e. The van der Waals surface area contributed by atoms with Gasteiger partial charge in [0.2, 0.25) is 0 Å². The highest BCUT2D eigenvalue weighted by Crippen LogP contribution is 2.49. The van der Waals surface area contributed by atoms with Crippen LogP contribution in [0.3, 0.4) is 0 Å². The lowest BCUT2D eigenvalue weighted by atomic mass is 9.57. The van der Waals surface area contributed by atoms with Gasteiger partial charge in [0, 0.05) is 5.41 Å². The average Bonchev–Trinajstić information content (AvgIpc) is 2.44. The molecule has 0 fully saturated rings. The molecule has 0 spiro atoms. The highest BCUT2D eigenvalue weighted by atomic mass is 14.5. The number of nitriles is 2. The first-order chi connectivity index (χ1) is 9.20. The number of nitrogens with zero attached hydrogens (tertiary/aromatic N) is 2. The molecular weight excluding hydrogens is 232 g/mol. The Labute approximate surface area is 115 Å². The molecular formula is C17H18N2. The van der Waals surface area contributed by atoms with Crippen LogP contribution in [0.5, 0.6) is 0 Å². The summed E-state index contributed by atoms with van der Waals surface area (Å²) in [6.07, 6.45) is 4.57. The van der Waals surface area contributed by atoms with E-state index < -0.39 is 11.3 Å². The molecule has 0 N–H and O–H groups in total. The zero-order chi connectivity index (χ0) is 13.9. The molecule has 2 nitrogen and oxygen atoms in total. The van der Waals surface area contributed by atoms with Gasteiger partial charge >= 0.3 is 0 Å². The van der Waals surface area contributed by atoms with Gasteiger partial charge in [0.1, 0.15) is 5.92 Å². The Kier molecular flexibility index (Phi) is 3.72. The standard InChI is InChI=1S/C17H18N2/c1-3-10-17(15(11-18)12-19)13(2)8-9-14-6-4-5-7-16(14)17/h3-7,13,15H,1,8-10H2,2H3/t13-,17-/m0/s1. The lowest BCUT2D eigenvalue weighted by molar-refractivity contribution is 0.222. The third-order valence-electron chi connectivity index (χ3n) is 4.50. The maximum Gasteiger partial charge on any atom is 0.143 e. The van der Waals surface area contributed by atoms with Crippen LogP contribution in [0.1, 0.15) is 30.9 Å². The van der Waals surface area contributed by atoms with Crippen LogP contribution in [0.25, 0.3) is 0 Å². The minimum atomic E-state index is -0.623. The number of aryl methyl sites for hydroxylation is 1. The largest absolute Gasteiger partial charge is 0.197 e. The van der Waals surface area contributed by atoms with E-state index in [2.05, 4.69) is 37.8 Å². The van der Waals surface area contributed by atoms with E-state index in [9.17, 15) is 10.5 Å². The van der Waals surface area contributed by atoms with Gasteiger partial charge < -0.3 is 0 Å². The molecule has 0 unspecified atom stereocenters. The summed E-state index contributed by atoms with van der Waals surface area (Å²) in [4.78, 5) is 0. The fourth-order valence-electron chi connectivity index (χ4n) is 3.45. The number of allylic oxidation sites excluding steroid dienone is 1. The fraction of sp³-hybridized carbons (Fsp3) is 0.412. The Morgan fingerprint density at radius 2 is 2.11 bits per heavy atom. The van der Waals surface area contributed by atoms with Gasteiger partial charge in [-0.25, -0.2) is 0 Å². The Balaban J connectivity index is 2.68. The molecule has 0 amide bonds. The summed E-state index contributed by atoms with van der Waals surface area (Å²) in [5, 5.41) is 18.8. The minimum absolute atomic E-state index is 0.310. The molecule has 19 heavy (non-hydrogen) atoms. The summed E-state index contributed by atoms with van der Waals surface area (Å²) < 4.78 is 0. The van der Waals surface area contributed by atoms with Gasteiger partial charge in [-0.3, -0.25) is 0 Å². The van der Waals surface area contributed by atoms with E-state index in [1.807, 2.05) is 18.2 Å². The predicted molar refractivity (Wildman–Crippen MR) is 75.1 cm³/mol. The zero-order valence-electron chi connectivity index (χ0n) is 11.3. The van der Waals surface area contributed by atoms with Crippen molar-refractivity contribution in [3.05, 3.63) is 48.0 Å². The Morgan fingerprint density at radius 1 is 1.42 bits per heavy atom. The molecule has 0 heterocycles. The second kappa shape index (κ2) is 5.29. The SMILES string of the molecule is C=CC[C@]1(C(C#N)C#N)c2ccccc2CC[C@@H]1C. The molecule has 0 radical (unpaired) electrons. The second-order valence-electron chi connectivity index (χ2n) is 5.32. The van der Waals surface area contributed by atoms with Gasteiger partial charge in [0.05, 0.1) is 12.1 Å². The van der Waals surface area contributed by atoms with Gasteiger partial charge in [0.25, 0.3) is 0 Å². The van der Waals surface area contributed by atoms with Crippen molar-refractivity contribution in [3.8, 4) is 12.1 Å². The Hall–Kier alpha value is -2.06. The first-order valence-corrected chi connectivity index (χ1v) is 6.69. The molecule has 2 rings (SSSR count). The van der Waals surface area contributed by atoms with Gasteiger partial charge in [-0.1, -0.05) is 37.3 Å². The van der Waals surface area contributed by atoms with E-state index >= 15 is 0 Å². The zero-order valence-corrected chi connectivity index (χ0v) is 11.3. The molecule has 1 aromatic carbocycles. The molecule has 2 heteroatoms. The van der Waals surface area contributed by atoms with Crippen LogP contribution >= 0.6 is 0 Å². The van der Waals surface area contributed by atoms with Crippen LogP contribution in [0.15, 0.2) is 36.9 Å². The van der Waals surface area contributed by atoms with Crippen molar-refractivity contribution in [2.24, 2.45) is 11.8 Å². The van der Waals surface area contributed by atoms with Crippen LogP contribution < -0.4 is 0 Å². The van der Waals surface area contributed by atoms with Crippen LogP contribution in [0.2, 0.25) is 0 Å². The highest BCUT2D eigenvalue weighted by Gasteiger charge is 2.47. The monoisotopic (exact) mass is 250 g/mol. The summed E-state index contributed by atoms with van der Waals surface area (Å²) in [7, 11) is 0. The molecule has 0 bridgehead atoms. The van der Waals surface area contributed by atoms with E-state index in [-0.39, 0.29) is 0 Å². The van der Waals surface area contributed by atoms with Crippen molar-refractivity contribution in [2.45, 2.75) is 31.6 Å². The van der Waals surface area contributed by atoms with Crippen LogP contribution in [-0.4, -0.2) is 0 Å². The molecule has 1 aliphatic rings. The maximum absolute atomic E-state index is 9.41. The lowest BCUT2D eigenvalue weighted by Crippen LogP contribution is -2.43. The number of hydrogen-bond donors (Lipinski definition) is 0. The number of benzene rings is 1. The van der Waals surface area contributed by atoms with Crippen molar-refractivity contribution < 1.29 is 0 Å². The van der Waals surface area contributed by atoms with Gasteiger partial charge in [0.15, 0.2) is 0 Å². The maximum atomic E-state index is 9.41. The molecule has 0 saturated carbocycles. The van der Waals surface area contributed by atoms with E-state index in [0.717, 1.165) is 12.8 Å². The van der Waals surface area contributed by atoms with Crippen molar-refractivity contribution in [3.63, 3.8) is 0 Å². The van der Waals surface area contributed by atoms with Gasteiger partial charge in [-0.2, -0.15) is 10.5 Å². The van der Waals surface area contributed by atoms with Crippen LogP contribution in [-0.2, 0) is 11.8 Å². The summed E-state index contributed by atoms with van der Waals surface area (Å²) in [5.41, 5.74) is 2.04. The molecule has 2 atom stereocenters. The van der Waals surface area contributed by atoms with Crippen molar-refractivity contribution in [1.82, 2.24) is 0 Å². The van der Waals surface area contributed by atoms with Gasteiger partial charge in [-0.15, -0.1) is 6.58 Å². The fourth-order valence-corrected chi connectivity index (χ4v) is 3.45. The number of hydrogen-bond acceptors (Lipinski definition) is 2. The lowest BCUT2D eigenvalue weighted by Gasteiger charge is -2.44. The summed E-state index contributed by atoms with van der Waals surface area (Å²) >= 11 is 0. The van der Waals surface area contributed by atoms with Crippen molar-refractivity contribution in [2.75, 3.05) is 0 Å². The highest BCUT2D eigenvalue weighted by molar-refractivity contribution is 5.42. The summed E-state index contributed by atoms with van der Waals surface area (Å²) in [6.45, 7) is 5.99. The molecule has 1 aliphatic carbocycles. The molecule has 0 saturated heterocycles. The summed E-state index contributed by atoms with van der Waals surface area (Å²) in [5.74, 6) is -0.313. The van der Waals surface area contributed by atoms with E-state index in [0.29, 0.717) is 12.3 Å². The quantitative estimate of drug-likeness (QED) is 0.767. The smallest absolute Gasteiger partial charge is 0.143 e. The Bertz CT molecular complexity index is 547. The third kappa shape index (κ3) is 1.94. The summed E-state index contributed by atoms with van der Waals surface area (Å²) in [6, 6.07) is 12.6. The third-order valence-corrected chi connectivity index (χ3v) is 4.50. The Morgan fingerprint density at radius 3 is 2.74 bits per heavy atom. The van der Waals surface area contributed by atoms with Crippen LogP contribution in [0.4, 0.5) is 0 Å². The van der Waals surface area contributed by atoms with E-state index in [4.69, 9.17) is 0 Å². The first-order valence-electron chi connectivity index (χ1n) is 6.69. The first kappa shape index (κ1) is 13.4. The molecule has 0 aromatic heterocycles. The molecule has 96 valence electrons. The average molecular weight is 250 g/mol. The predicted octanol–water partition coefficient (Wildman–Crippen LogP) is 3.75. The topological polar surface area (TPSA) is 47.6 Å². The second-order valence-corrected chi connectivity index (χ2v) is 5.32.